The van der Waals surface area contributed by atoms with Gasteiger partial charge in [-0.3, -0.25) is 9.59 Å². The molecule has 0 heterocycles. The SMILES string of the molecule is CC(C)Oc1cc(C(C)(C)C)cc(O)c1[C@H]1CCC=C(C(=O)NCC(=O)O)C1. The average molecular weight is 389 g/mol. The second-order valence-electron chi connectivity index (χ2n) is 8.61. The fraction of sp³-hybridized carbons (Fsp3) is 0.545. The van der Waals surface area contributed by atoms with Crippen molar-refractivity contribution in [1.29, 1.82) is 0 Å². The number of allylic oxidation sites excluding steroid dienone is 1. The van der Waals surface area contributed by atoms with Gasteiger partial charge in [-0.1, -0.05) is 26.8 Å². The Labute approximate surface area is 166 Å². The molecule has 2 rings (SSSR count). The number of nitrogens with one attached hydrogen (secondary N) is 1. The van der Waals surface area contributed by atoms with Gasteiger partial charge in [0, 0.05) is 11.1 Å². The van der Waals surface area contributed by atoms with E-state index in [0.717, 1.165) is 17.5 Å². The second kappa shape index (κ2) is 8.67. The van der Waals surface area contributed by atoms with E-state index in [1.807, 2.05) is 26.0 Å². The molecule has 0 aliphatic heterocycles. The molecule has 1 amide bonds. The molecule has 3 N–H and O–H groups in total. The van der Waals surface area contributed by atoms with Crippen molar-refractivity contribution in [2.45, 2.75) is 71.3 Å². The van der Waals surface area contributed by atoms with Gasteiger partial charge in [0.1, 0.15) is 18.0 Å². The molecular weight excluding hydrogens is 358 g/mol. The van der Waals surface area contributed by atoms with E-state index in [-0.39, 0.29) is 29.1 Å². The van der Waals surface area contributed by atoms with Crippen molar-refractivity contribution < 1.29 is 24.5 Å². The number of ether oxygens (including phenoxy) is 1. The third-order valence-corrected chi connectivity index (χ3v) is 4.82. The van der Waals surface area contributed by atoms with E-state index >= 15 is 0 Å². The van der Waals surface area contributed by atoms with E-state index in [2.05, 4.69) is 26.1 Å². The lowest BCUT2D eigenvalue weighted by atomic mass is 9.80. The first-order chi connectivity index (χ1) is 13.0. The average Bonchev–Trinajstić information content (AvgIpc) is 2.58. The van der Waals surface area contributed by atoms with Gasteiger partial charge in [-0.15, -0.1) is 0 Å². The minimum absolute atomic E-state index is 0.0502. The van der Waals surface area contributed by atoms with Gasteiger partial charge in [0.15, 0.2) is 0 Å². The molecule has 1 aromatic rings. The number of carboxylic acid groups (broad SMARTS) is 1. The summed E-state index contributed by atoms with van der Waals surface area (Å²) in [5, 5.41) is 22.0. The highest BCUT2D eigenvalue weighted by atomic mass is 16.5. The Balaban J connectivity index is 2.34. The molecule has 0 unspecified atom stereocenters. The van der Waals surface area contributed by atoms with Crippen molar-refractivity contribution in [2.24, 2.45) is 0 Å². The number of phenolic OH excluding ortho intramolecular Hbond substituents is 1. The van der Waals surface area contributed by atoms with Gasteiger partial charge in [-0.25, -0.2) is 0 Å². The number of carboxylic acids is 1. The van der Waals surface area contributed by atoms with Crippen LogP contribution in [-0.4, -0.2) is 34.7 Å². The molecule has 0 bridgehead atoms. The number of carbonyl (C=O) groups excluding carboxylic acids is 1. The van der Waals surface area contributed by atoms with Gasteiger partial charge in [0.2, 0.25) is 5.91 Å². The number of benzene rings is 1. The van der Waals surface area contributed by atoms with Crippen molar-refractivity contribution in [2.75, 3.05) is 6.54 Å². The molecule has 154 valence electrons. The van der Waals surface area contributed by atoms with Gasteiger partial charge < -0.3 is 20.3 Å². The normalized spacial score (nSPS) is 17.2. The Morgan fingerprint density at radius 3 is 2.54 bits per heavy atom. The highest BCUT2D eigenvalue weighted by Gasteiger charge is 2.29. The zero-order chi connectivity index (χ0) is 21.1. The number of aliphatic carboxylic acids is 1. The Kier molecular flexibility index (Phi) is 6.75. The van der Waals surface area contributed by atoms with Crippen molar-refractivity contribution in [3.63, 3.8) is 0 Å². The van der Waals surface area contributed by atoms with Crippen LogP contribution in [0.5, 0.6) is 11.5 Å². The zero-order valence-electron chi connectivity index (χ0n) is 17.3. The van der Waals surface area contributed by atoms with Crippen molar-refractivity contribution in [1.82, 2.24) is 5.32 Å². The molecule has 0 aromatic heterocycles. The Morgan fingerprint density at radius 1 is 1.29 bits per heavy atom. The highest BCUT2D eigenvalue weighted by Crippen LogP contribution is 2.45. The minimum Gasteiger partial charge on any atom is -0.508 e. The Morgan fingerprint density at radius 2 is 1.96 bits per heavy atom. The summed E-state index contributed by atoms with van der Waals surface area (Å²) in [6.07, 6.45) is 3.69. The van der Waals surface area contributed by atoms with E-state index in [1.165, 1.54) is 0 Å². The summed E-state index contributed by atoms with van der Waals surface area (Å²) in [5.74, 6) is -0.690. The third kappa shape index (κ3) is 5.50. The van der Waals surface area contributed by atoms with E-state index in [1.54, 1.807) is 6.07 Å². The topological polar surface area (TPSA) is 95.9 Å². The molecule has 0 saturated heterocycles. The summed E-state index contributed by atoms with van der Waals surface area (Å²) in [4.78, 5) is 23.0. The summed E-state index contributed by atoms with van der Waals surface area (Å²) < 4.78 is 6.03. The van der Waals surface area contributed by atoms with Crippen LogP contribution in [0.4, 0.5) is 0 Å². The Bertz CT molecular complexity index is 774. The molecule has 0 fully saturated rings. The van der Waals surface area contributed by atoms with Crippen LogP contribution in [0.2, 0.25) is 0 Å². The number of hydrogen-bond donors (Lipinski definition) is 3. The number of carbonyl (C=O) groups is 2. The number of phenols is 1. The van der Waals surface area contributed by atoms with Gasteiger partial charge in [-0.2, -0.15) is 0 Å². The summed E-state index contributed by atoms with van der Waals surface area (Å²) in [5.41, 5.74) is 2.11. The van der Waals surface area contributed by atoms with Crippen LogP contribution in [0.25, 0.3) is 0 Å². The van der Waals surface area contributed by atoms with Gasteiger partial charge in [-0.05, 0) is 62.1 Å². The summed E-state index contributed by atoms with van der Waals surface area (Å²) in [7, 11) is 0. The highest BCUT2D eigenvalue weighted by molar-refractivity contribution is 5.95. The number of rotatable bonds is 6. The summed E-state index contributed by atoms with van der Waals surface area (Å²) in [6.45, 7) is 9.71. The van der Waals surface area contributed by atoms with Crippen LogP contribution in [0.3, 0.4) is 0 Å². The van der Waals surface area contributed by atoms with Crippen LogP contribution >= 0.6 is 0 Å². The maximum Gasteiger partial charge on any atom is 0.322 e. The molecule has 0 saturated carbocycles. The second-order valence-corrected chi connectivity index (χ2v) is 8.61. The first kappa shape index (κ1) is 21.8. The lowest BCUT2D eigenvalue weighted by Gasteiger charge is -2.28. The lowest BCUT2D eigenvalue weighted by molar-refractivity contribution is -0.137. The standard InChI is InChI=1S/C22H31NO5/c1-13(2)28-18-11-16(22(3,4)5)10-17(24)20(18)14-7-6-8-15(9-14)21(27)23-12-19(25)26/h8,10-11,13-14,24H,6-7,9,12H2,1-5H3,(H,23,27)(H,25,26)/t14-/m0/s1. The Hall–Kier alpha value is -2.50. The first-order valence-corrected chi connectivity index (χ1v) is 9.72. The minimum atomic E-state index is -1.08. The lowest BCUT2D eigenvalue weighted by Crippen LogP contribution is -2.31. The van der Waals surface area contributed by atoms with Crippen molar-refractivity contribution in [3.8, 4) is 11.5 Å². The number of aromatic hydroxyl groups is 1. The van der Waals surface area contributed by atoms with Crippen LogP contribution in [0, 0.1) is 0 Å². The first-order valence-electron chi connectivity index (χ1n) is 9.72. The predicted octanol–water partition coefficient (Wildman–Crippen LogP) is 3.87. The summed E-state index contributed by atoms with van der Waals surface area (Å²) in [6, 6.07) is 3.77. The maximum absolute atomic E-state index is 12.3. The molecule has 1 aromatic carbocycles. The van der Waals surface area contributed by atoms with Gasteiger partial charge >= 0.3 is 5.97 Å². The monoisotopic (exact) mass is 389 g/mol. The molecule has 1 atom stereocenters. The van der Waals surface area contributed by atoms with E-state index in [0.29, 0.717) is 24.2 Å². The largest absolute Gasteiger partial charge is 0.508 e. The fourth-order valence-electron chi connectivity index (χ4n) is 3.42. The third-order valence-electron chi connectivity index (χ3n) is 4.82. The predicted molar refractivity (Wildman–Crippen MR) is 108 cm³/mol. The number of hydrogen-bond acceptors (Lipinski definition) is 4. The maximum atomic E-state index is 12.3. The van der Waals surface area contributed by atoms with E-state index in [9.17, 15) is 14.7 Å². The summed E-state index contributed by atoms with van der Waals surface area (Å²) >= 11 is 0. The molecule has 6 heteroatoms. The molecular formula is C22H31NO5. The molecule has 28 heavy (non-hydrogen) atoms. The van der Waals surface area contributed by atoms with Crippen molar-refractivity contribution in [3.05, 3.63) is 34.9 Å². The smallest absolute Gasteiger partial charge is 0.322 e. The molecule has 6 nitrogen and oxygen atoms in total. The van der Waals surface area contributed by atoms with Gasteiger partial charge in [0.25, 0.3) is 0 Å². The molecule has 0 spiro atoms. The molecule has 0 radical (unpaired) electrons. The molecule has 1 aliphatic carbocycles. The van der Waals surface area contributed by atoms with E-state index in [4.69, 9.17) is 9.84 Å². The van der Waals surface area contributed by atoms with Gasteiger partial charge in [0.05, 0.1) is 6.10 Å². The van der Waals surface area contributed by atoms with Crippen molar-refractivity contribution >= 4 is 11.9 Å². The molecule has 1 aliphatic rings. The van der Waals surface area contributed by atoms with Crippen LogP contribution < -0.4 is 10.1 Å². The van der Waals surface area contributed by atoms with Crippen LogP contribution in [0.15, 0.2) is 23.8 Å². The van der Waals surface area contributed by atoms with E-state index < -0.39 is 12.5 Å². The van der Waals surface area contributed by atoms with Crippen LogP contribution in [-0.2, 0) is 15.0 Å². The van der Waals surface area contributed by atoms with Crippen LogP contribution in [0.1, 0.15) is 70.9 Å². The number of amides is 1. The fourth-order valence-corrected chi connectivity index (χ4v) is 3.42. The quantitative estimate of drug-likeness (QED) is 0.686. The zero-order valence-corrected chi connectivity index (χ0v) is 17.3.